The van der Waals surface area contributed by atoms with Crippen LogP contribution >= 0.6 is 0 Å². The average Bonchev–Trinajstić information content (AvgIpc) is 3.05. The summed E-state index contributed by atoms with van der Waals surface area (Å²) in [5.74, 6) is 0.672. The highest BCUT2D eigenvalue weighted by Crippen LogP contribution is 2.60. The highest BCUT2D eigenvalue weighted by Gasteiger charge is 2.54. The van der Waals surface area contributed by atoms with E-state index in [4.69, 9.17) is 4.74 Å². The molecule has 0 aromatic heterocycles. The van der Waals surface area contributed by atoms with Gasteiger partial charge in [0.1, 0.15) is 6.04 Å². The van der Waals surface area contributed by atoms with Crippen molar-refractivity contribution in [3.05, 3.63) is 0 Å². The molecule has 2 N–H and O–H groups in total. The van der Waals surface area contributed by atoms with E-state index in [1.165, 1.54) is 26.2 Å². The van der Waals surface area contributed by atoms with Gasteiger partial charge in [0.25, 0.3) is 5.91 Å². The molecule has 0 radical (unpaired) electrons. The van der Waals surface area contributed by atoms with Crippen molar-refractivity contribution in [3.8, 4) is 0 Å². The van der Waals surface area contributed by atoms with E-state index in [1.807, 2.05) is 0 Å². The third-order valence-corrected chi connectivity index (χ3v) is 6.98. The number of hydrogen-bond acceptors (Lipinski definition) is 5. The van der Waals surface area contributed by atoms with Crippen molar-refractivity contribution in [2.75, 3.05) is 13.1 Å². The predicted molar refractivity (Wildman–Crippen MR) is 98.9 cm³/mol. The van der Waals surface area contributed by atoms with E-state index in [0.717, 1.165) is 24.2 Å². The van der Waals surface area contributed by atoms with Crippen LogP contribution in [0.15, 0.2) is 0 Å². The first-order valence-corrected chi connectivity index (χ1v) is 10.4. The summed E-state index contributed by atoms with van der Waals surface area (Å²) in [4.78, 5) is 50.3. The first kappa shape index (κ1) is 19.2. The minimum absolute atomic E-state index is 0.0473. The molecule has 4 saturated carbocycles. The number of esters is 1. The quantitative estimate of drug-likeness (QED) is 0.685. The number of nitrogens with one attached hydrogen (secondary N) is 2. The maximum atomic E-state index is 13.0. The first-order chi connectivity index (χ1) is 13.3. The molecule has 0 unspecified atom stereocenters. The molecule has 2 atom stereocenters. The summed E-state index contributed by atoms with van der Waals surface area (Å²) in [6, 6.07) is -1.31. The van der Waals surface area contributed by atoms with Gasteiger partial charge in [0.05, 0.1) is 0 Å². The molecule has 0 aromatic rings. The zero-order valence-electron chi connectivity index (χ0n) is 16.5. The number of hydrogen-bond donors (Lipinski definition) is 2. The van der Waals surface area contributed by atoms with Gasteiger partial charge in [0, 0.05) is 18.5 Å². The van der Waals surface area contributed by atoms with Crippen LogP contribution in [0.5, 0.6) is 0 Å². The number of rotatable bonds is 5. The van der Waals surface area contributed by atoms with Crippen LogP contribution in [0.3, 0.4) is 0 Å². The molecule has 8 heteroatoms. The van der Waals surface area contributed by atoms with Gasteiger partial charge in [-0.25, -0.2) is 9.59 Å². The standard InChI is InChI=1S/C20H29N3O5/c1-11(17(25)28-12(2)16(24)23-4-3-21-19(23)27)22-18(26)20-8-13-5-14(9-20)7-15(6-13)10-20/h11-15H,3-10H2,1-2H3,(H,21,27)(H,22,26)/t11-,12-,13?,14?,15?,20?/m0/s1. The third-order valence-electron chi connectivity index (χ3n) is 6.98. The maximum absolute atomic E-state index is 13.0. The smallest absolute Gasteiger partial charge is 0.329 e. The number of ether oxygens (including phenoxy) is 1. The van der Waals surface area contributed by atoms with Crippen molar-refractivity contribution in [1.82, 2.24) is 15.5 Å². The molecule has 1 saturated heterocycles. The SMILES string of the molecule is C[C@H](NC(=O)C12CC3CC(CC(C3)C1)C2)C(=O)O[C@@H](C)C(=O)N1CCNC1=O. The zero-order chi connectivity index (χ0) is 20.1. The molecule has 4 amide bonds. The molecule has 5 aliphatic rings. The second-order valence-electron chi connectivity index (χ2n) is 9.19. The normalized spacial score (nSPS) is 35.3. The van der Waals surface area contributed by atoms with E-state index in [0.29, 0.717) is 24.3 Å². The number of amides is 4. The van der Waals surface area contributed by atoms with Gasteiger partial charge < -0.3 is 15.4 Å². The third kappa shape index (κ3) is 3.37. The molecular formula is C20H29N3O5. The predicted octanol–water partition coefficient (Wildman–Crippen LogP) is 1.19. The molecule has 0 aromatic carbocycles. The van der Waals surface area contributed by atoms with E-state index in [-0.39, 0.29) is 17.9 Å². The van der Waals surface area contributed by atoms with Gasteiger partial charge in [-0.1, -0.05) is 0 Å². The van der Waals surface area contributed by atoms with Crippen LogP contribution < -0.4 is 10.6 Å². The fourth-order valence-corrected chi connectivity index (χ4v) is 6.03. The molecule has 1 heterocycles. The summed E-state index contributed by atoms with van der Waals surface area (Å²) in [6.45, 7) is 3.68. The van der Waals surface area contributed by atoms with Crippen molar-refractivity contribution >= 4 is 23.8 Å². The van der Waals surface area contributed by atoms with Gasteiger partial charge >= 0.3 is 12.0 Å². The second kappa shape index (κ2) is 7.04. The first-order valence-electron chi connectivity index (χ1n) is 10.4. The number of nitrogens with zero attached hydrogens (tertiary/aromatic N) is 1. The van der Waals surface area contributed by atoms with Crippen LogP contribution in [0.1, 0.15) is 52.4 Å². The lowest BCUT2D eigenvalue weighted by atomic mass is 9.49. The van der Waals surface area contributed by atoms with E-state index in [9.17, 15) is 19.2 Å². The molecule has 28 heavy (non-hydrogen) atoms. The van der Waals surface area contributed by atoms with Crippen LogP contribution in [-0.4, -0.2) is 54.0 Å². The number of urea groups is 1. The Hall–Kier alpha value is -2.12. The topological polar surface area (TPSA) is 105 Å². The van der Waals surface area contributed by atoms with Gasteiger partial charge in [-0.15, -0.1) is 0 Å². The van der Waals surface area contributed by atoms with Gasteiger partial charge in [-0.3, -0.25) is 14.5 Å². The Kier molecular flexibility index (Phi) is 4.83. The molecule has 4 bridgehead atoms. The Labute approximate surface area is 164 Å². The summed E-state index contributed by atoms with van der Waals surface area (Å²) in [6.07, 6.45) is 5.42. The summed E-state index contributed by atoms with van der Waals surface area (Å²) in [5.41, 5.74) is -0.335. The van der Waals surface area contributed by atoms with Crippen molar-refractivity contribution < 1.29 is 23.9 Å². The Morgan fingerprint density at radius 2 is 1.68 bits per heavy atom. The van der Waals surface area contributed by atoms with Crippen molar-refractivity contribution in [2.45, 2.75) is 64.5 Å². The Bertz CT molecular complexity index is 671. The van der Waals surface area contributed by atoms with Crippen LogP contribution in [-0.2, 0) is 19.1 Å². The summed E-state index contributed by atoms with van der Waals surface area (Å²) in [7, 11) is 0. The largest absolute Gasteiger partial charge is 0.451 e. The van der Waals surface area contributed by atoms with Gasteiger partial charge in [0.15, 0.2) is 6.10 Å². The fourth-order valence-electron chi connectivity index (χ4n) is 6.03. The molecule has 8 nitrogen and oxygen atoms in total. The minimum atomic E-state index is -1.07. The van der Waals surface area contributed by atoms with E-state index >= 15 is 0 Å². The Morgan fingerprint density at radius 1 is 1.11 bits per heavy atom. The monoisotopic (exact) mass is 391 g/mol. The van der Waals surface area contributed by atoms with Gasteiger partial charge in [-0.05, 0) is 70.1 Å². The van der Waals surface area contributed by atoms with Crippen molar-refractivity contribution in [1.29, 1.82) is 0 Å². The van der Waals surface area contributed by atoms with Gasteiger partial charge in [0.2, 0.25) is 5.91 Å². The number of imide groups is 1. The lowest BCUT2D eigenvalue weighted by Gasteiger charge is -2.55. The molecule has 0 spiro atoms. The fraction of sp³-hybridized carbons (Fsp3) is 0.800. The molecule has 1 aliphatic heterocycles. The van der Waals surface area contributed by atoms with Crippen LogP contribution in [0.25, 0.3) is 0 Å². The number of carbonyl (C=O) groups excluding carboxylic acids is 4. The molecular weight excluding hydrogens is 362 g/mol. The number of carbonyl (C=O) groups is 4. The summed E-state index contributed by atoms with van der Waals surface area (Å²) < 4.78 is 5.23. The molecule has 5 fully saturated rings. The molecule has 154 valence electrons. The summed E-state index contributed by atoms with van der Waals surface area (Å²) in [5, 5.41) is 5.38. The van der Waals surface area contributed by atoms with E-state index < -0.39 is 30.1 Å². The van der Waals surface area contributed by atoms with E-state index in [1.54, 1.807) is 6.92 Å². The average molecular weight is 391 g/mol. The van der Waals surface area contributed by atoms with Crippen LogP contribution in [0.2, 0.25) is 0 Å². The summed E-state index contributed by atoms with van der Waals surface area (Å²) >= 11 is 0. The minimum Gasteiger partial charge on any atom is -0.451 e. The Balaban J connectivity index is 1.32. The highest BCUT2D eigenvalue weighted by molar-refractivity contribution is 5.98. The maximum Gasteiger partial charge on any atom is 0.329 e. The lowest BCUT2D eigenvalue weighted by Crippen LogP contribution is -2.56. The van der Waals surface area contributed by atoms with Crippen LogP contribution in [0, 0.1) is 23.2 Å². The van der Waals surface area contributed by atoms with Crippen molar-refractivity contribution in [3.63, 3.8) is 0 Å². The van der Waals surface area contributed by atoms with Crippen molar-refractivity contribution in [2.24, 2.45) is 23.2 Å². The molecule has 5 rings (SSSR count). The lowest BCUT2D eigenvalue weighted by molar-refractivity contribution is -0.161. The zero-order valence-corrected chi connectivity index (χ0v) is 16.5. The van der Waals surface area contributed by atoms with Gasteiger partial charge in [-0.2, -0.15) is 0 Å². The van der Waals surface area contributed by atoms with E-state index in [2.05, 4.69) is 10.6 Å². The second-order valence-corrected chi connectivity index (χ2v) is 9.19. The van der Waals surface area contributed by atoms with Crippen LogP contribution in [0.4, 0.5) is 4.79 Å². The highest BCUT2D eigenvalue weighted by atomic mass is 16.5. The molecule has 4 aliphatic carbocycles. The Morgan fingerprint density at radius 3 is 2.18 bits per heavy atom.